The summed E-state index contributed by atoms with van der Waals surface area (Å²) >= 11 is 1.33. The molecule has 1 aliphatic rings. The van der Waals surface area contributed by atoms with Crippen molar-refractivity contribution in [2.75, 3.05) is 18.8 Å². The second kappa shape index (κ2) is 9.27. The maximum atomic E-state index is 12.4. The van der Waals surface area contributed by atoms with Crippen molar-refractivity contribution >= 4 is 22.9 Å². The van der Waals surface area contributed by atoms with Gasteiger partial charge in [0, 0.05) is 25.3 Å². The normalized spacial score (nSPS) is 17.0. The number of amides is 2. The molecule has 0 bridgehead atoms. The minimum Gasteiger partial charge on any atom is -0.349 e. The first kappa shape index (κ1) is 19.8. The molecule has 4 nitrogen and oxygen atoms in total. The van der Waals surface area contributed by atoms with Gasteiger partial charge in [-0.15, -0.1) is 0 Å². The minimum atomic E-state index is 0.00198. The van der Waals surface area contributed by atoms with Gasteiger partial charge in [-0.05, 0) is 29.4 Å². The number of hydrogen-bond acceptors (Lipinski definition) is 3. The molecule has 1 saturated heterocycles. The molecule has 0 aromatic heterocycles. The summed E-state index contributed by atoms with van der Waals surface area (Å²) in [6, 6.07) is 8.61. The van der Waals surface area contributed by atoms with E-state index in [1.165, 1.54) is 17.3 Å². The Morgan fingerprint density at radius 1 is 1.20 bits per heavy atom. The number of nitrogens with one attached hydrogen (secondary N) is 1. The van der Waals surface area contributed by atoms with Crippen LogP contribution in [0.5, 0.6) is 0 Å². The molecule has 1 heterocycles. The summed E-state index contributed by atoms with van der Waals surface area (Å²) in [7, 11) is 0. The van der Waals surface area contributed by atoms with E-state index in [-0.39, 0.29) is 17.2 Å². The quantitative estimate of drug-likeness (QED) is 0.737. The van der Waals surface area contributed by atoms with Crippen LogP contribution in [0.2, 0.25) is 0 Å². The van der Waals surface area contributed by atoms with Gasteiger partial charge in [-0.25, -0.2) is 0 Å². The van der Waals surface area contributed by atoms with Crippen LogP contribution < -0.4 is 5.32 Å². The lowest BCUT2D eigenvalue weighted by Gasteiger charge is -2.24. The highest BCUT2D eigenvalue weighted by atomic mass is 32.2. The Bertz CT molecular complexity index is 586. The van der Waals surface area contributed by atoms with E-state index in [0.29, 0.717) is 24.8 Å². The van der Waals surface area contributed by atoms with Crippen molar-refractivity contribution in [2.45, 2.75) is 52.5 Å². The highest BCUT2D eigenvalue weighted by molar-refractivity contribution is 8.13. The van der Waals surface area contributed by atoms with Crippen molar-refractivity contribution in [1.29, 1.82) is 0 Å². The van der Waals surface area contributed by atoms with E-state index in [1.54, 1.807) is 4.90 Å². The highest BCUT2D eigenvalue weighted by Gasteiger charge is 2.23. The van der Waals surface area contributed by atoms with Crippen LogP contribution in [0.15, 0.2) is 24.3 Å². The molecule has 1 aliphatic heterocycles. The molecule has 0 saturated carbocycles. The third-order valence-electron chi connectivity index (χ3n) is 4.91. The second-order valence-electron chi connectivity index (χ2n) is 7.12. The number of hydrogen-bond donors (Lipinski definition) is 1. The maximum Gasteiger partial charge on any atom is 0.281 e. The van der Waals surface area contributed by atoms with Gasteiger partial charge < -0.3 is 10.2 Å². The summed E-state index contributed by atoms with van der Waals surface area (Å²) in [6.07, 6.45) is 1.48. The number of thioether (sulfide) groups is 1. The SMILES string of the molecule is CCC(C)c1ccc(C(NC(=O)CCN2CCSC2=O)C(C)C)cc1. The van der Waals surface area contributed by atoms with E-state index in [2.05, 4.69) is 57.3 Å². The van der Waals surface area contributed by atoms with Gasteiger partial charge in [-0.2, -0.15) is 0 Å². The Morgan fingerprint density at radius 3 is 2.36 bits per heavy atom. The fourth-order valence-corrected chi connectivity index (χ4v) is 3.86. The lowest BCUT2D eigenvalue weighted by molar-refractivity contribution is -0.122. The first-order valence-corrected chi connectivity index (χ1v) is 10.2. The number of carbonyl (C=O) groups excluding carboxylic acids is 2. The standard InChI is InChI=1S/C20H30N2O2S/c1-5-15(4)16-6-8-17(9-7-16)19(14(2)3)21-18(23)10-11-22-12-13-25-20(22)24/h6-9,14-15,19H,5,10-13H2,1-4H3,(H,21,23). The smallest absolute Gasteiger partial charge is 0.281 e. The molecule has 1 aromatic rings. The topological polar surface area (TPSA) is 49.4 Å². The van der Waals surface area contributed by atoms with Gasteiger partial charge in [0.1, 0.15) is 0 Å². The summed E-state index contributed by atoms with van der Waals surface area (Å²) < 4.78 is 0. The van der Waals surface area contributed by atoms with Crippen molar-refractivity contribution < 1.29 is 9.59 Å². The van der Waals surface area contributed by atoms with Crippen LogP contribution in [0, 0.1) is 5.92 Å². The van der Waals surface area contributed by atoms with Crippen LogP contribution >= 0.6 is 11.8 Å². The zero-order chi connectivity index (χ0) is 18.4. The lowest BCUT2D eigenvalue weighted by Crippen LogP contribution is -2.35. The average molecular weight is 363 g/mol. The Labute approximate surface area is 155 Å². The first-order valence-electron chi connectivity index (χ1n) is 9.23. The zero-order valence-corrected chi connectivity index (χ0v) is 16.6. The van der Waals surface area contributed by atoms with Crippen LogP contribution in [-0.2, 0) is 4.79 Å². The third-order valence-corrected chi connectivity index (χ3v) is 5.81. The Hall–Kier alpha value is -1.49. The third kappa shape index (κ3) is 5.50. The first-order chi connectivity index (χ1) is 11.9. The van der Waals surface area contributed by atoms with Gasteiger partial charge in [-0.3, -0.25) is 9.59 Å². The molecule has 2 amide bonds. The van der Waals surface area contributed by atoms with Gasteiger partial charge in [0.15, 0.2) is 0 Å². The molecular formula is C20H30N2O2S. The molecule has 138 valence electrons. The summed E-state index contributed by atoms with van der Waals surface area (Å²) in [4.78, 5) is 25.7. The van der Waals surface area contributed by atoms with Crippen molar-refractivity contribution in [3.05, 3.63) is 35.4 Å². The van der Waals surface area contributed by atoms with Gasteiger partial charge >= 0.3 is 0 Å². The van der Waals surface area contributed by atoms with Crippen LogP contribution in [0.25, 0.3) is 0 Å². The van der Waals surface area contributed by atoms with Crippen molar-refractivity contribution in [3.8, 4) is 0 Å². The Kier molecular flexibility index (Phi) is 7.36. The summed E-state index contributed by atoms with van der Waals surface area (Å²) in [5.74, 6) is 1.70. The van der Waals surface area contributed by atoms with Gasteiger partial charge in [0.2, 0.25) is 5.91 Å². The van der Waals surface area contributed by atoms with E-state index < -0.39 is 0 Å². The predicted octanol–water partition coefficient (Wildman–Crippen LogP) is 4.57. The molecule has 1 N–H and O–H groups in total. The van der Waals surface area contributed by atoms with Crippen molar-refractivity contribution in [3.63, 3.8) is 0 Å². The van der Waals surface area contributed by atoms with Crippen molar-refractivity contribution in [1.82, 2.24) is 10.2 Å². The summed E-state index contributed by atoms with van der Waals surface area (Å²) in [5, 5.41) is 3.24. The summed E-state index contributed by atoms with van der Waals surface area (Å²) in [5.41, 5.74) is 2.48. The molecule has 0 spiro atoms. The molecule has 5 heteroatoms. The van der Waals surface area contributed by atoms with Crippen LogP contribution in [0.3, 0.4) is 0 Å². The van der Waals surface area contributed by atoms with E-state index in [4.69, 9.17) is 0 Å². The number of benzene rings is 1. The maximum absolute atomic E-state index is 12.4. The van der Waals surface area contributed by atoms with E-state index in [1.807, 2.05) is 0 Å². The number of nitrogens with zero attached hydrogens (tertiary/aromatic N) is 1. The van der Waals surface area contributed by atoms with E-state index in [9.17, 15) is 9.59 Å². The Balaban J connectivity index is 1.95. The molecule has 2 unspecified atom stereocenters. The molecule has 1 fully saturated rings. The average Bonchev–Trinajstić information content (AvgIpc) is 3.02. The molecule has 1 aromatic carbocycles. The fraction of sp³-hybridized carbons (Fsp3) is 0.600. The monoisotopic (exact) mass is 362 g/mol. The molecule has 25 heavy (non-hydrogen) atoms. The fourth-order valence-electron chi connectivity index (χ4n) is 3.01. The van der Waals surface area contributed by atoms with Crippen LogP contribution in [0.1, 0.15) is 63.6 Å². The largest absolute Gasteiger partial charge is 0.349 e. The van der Waals surface area contributed by atoms with Gasteiger partial charge in [0.05, 0.1) is 6.04 Å². The Morgan fingerprint density at radius 2 is 1.84 bits per heavy atom. The molecule has 2 atom stereocenters. The minimum absolute atomic E-state index is 0.00198. The second-order valence-corrected chi connectivity index (χ2v) is 8.16. The molecule has 0 radical (unpaired) electrons. The van der Waals surface area contributed by atoms with E-state index >= 15 is 0 Å². The predicted molar refractivity (Wildman–Crippen MR) is 105 cm³/mol. The van der Waals surface area contributed by atoms with Crippen LogP contribution in [-0.4, -0.2) is 34.9 Å². The van der Waals surface area contributed by atoms with E-state index in [0.717, 1.165) is 24.3 Å². The molecule has 0 aliphatic carbocycles. The molecular weight excluding hydrogens is 332 g/mol. The van der Waals surface area contributed by atoms with Gasteiger partial charge in [-0.1, -0.05) is 63.7 Å². The zero-order valence-electron chi connectivity index (χ0n) is 15.7. The van der Waals surface area contributed by atoms with Crippen molar-refractivity contribution in [2.24, 2.45) is 5.92 Å². The van der Waals surface area contributed by atoms with Gasteiger partial charge in [0.25, 0.3) is 5.24 Å². The highest BCUT2D eigenvalue weighted by Crippen LogP contribution is 2.25. The molecule has 2 rings (SSSR count). The lowest BCUT2D eigenvalue weighted by atomic mass is 9.92. The number of rotatable bonds is 8. The van der Waals surface area contributed by atoms with Crippen LogP contribution in [0.4, 0.5) is 4.79 Å². The summed E-state index contributed by atoms with van der Waals surface area (Å²) in [6.45, 7) is 9.92. The number of carbonyl (C=O) groups is 2.